The molecule has 1 saturated carbocycles. The van der Waals surface area contributed by atoms with E-state index in [0.717, 1.165) is 30.9 Å². The van der Waals surface area contributed by atoms with Crippen LogP contribution in [0.15, 0.2) is 23.3 Å². The molecule has 0 saturated heterocycles. The highest BCUT2D eigenvalue weighted by atomic mass is 16.5. The Morgan fingerprint density at radius 1 is 1.41 bits per heavy atom. The SMILES string of the molecule is COc1cc(=O)n2c(c1C(=O)N[C@H](c1nccn1C)C1CC1)CCNCC2. The van der Waals surface area contributed by atoms with Crippen molar-refractivity contribution >= 4 is 5.91 Å². The van der Waals surface area contributed by atoms with Crippen molar-refractivity contribution < 1.29 is 9.53 Å². The fourth-order valence-electron chi connectivity index (χ4n) is 3.82. The largest absolute Gasteiger partial charge is 0.496 e. The number of carbonyl (C=O) groups is 1. The molecule has 0 aromatic carbocycles. The number of rotatable bonds is 5. The Balaban J connectivity index is 1.72. The summed E-state index contributed by atoms with van der Waals surface area (Å²) in [7, 11) is 3.43. The van der Waals surface area contributed by atoms with Crippen LogP contribution >= 0.6 is 0 Å². The molecule has 1 atom stereocenters. The van der Waals surface area contributed by atoms with Crippen LogP contribution in [0.2, 0.25) is 0 Å². The normalized spacial score (nSPS) is 17.7. The number of imidazole rings is 1. The Labute approximate surface area is 157 Å². The van der Waals surface area contributed by atoms with Gasteiger partial charge in [0.25, 0.3) is 11.5 Å². The average Bonchev–Trinajstić information content (AvgIpc) is 3.44. The number of amides is 1. The predicted molar refractivity (Wildman–Crippen MR) is 100.0 cm³/mol. The van der Waals surface area contributed by atoms with Crippen LogP contribution in [0.3, 0.4) is 0 Å². The van der Waals surface area contributed by atoms with E-state index in [2.05, 4.69) is 15.6 Å². The number of aryl methyl sites for hydroxylation is 1. The van der Waals surface area contributed by atoms with E-state index in [1.807, 2.05) is 17.8 Å². The van der Waals surface area contributed by atoms with Gasteiger partial charge in [-0.25, -0.2) is 4.98 Å². The van der Waals surface area contributed by atoms with Gasteiger partial charge in [0.1, 0.15) is 17.1 Å². The van der Waals surface area contributed by atoms with Crippen molar-refractivity contribution in [1.82, 2.24) is 24.8 Å². The van der Waals surface area contributed by atoms with Crippen molar-refractivity contribution in [2.24, 2.45) is 13.0 Å². The molecule has 27 heavy (non-hydrogen) atoms. The molecular weight excluding hydrogens is 346 g/mol. The van der Waals surface area contributed by atoms with Crippen LogP contribution in [0.5, 0.6) is 5.75 Å². The van der Waals surface area contributed by atoms with Gasteiger partial charge in [0.2, 0.25) is 0 Å². The molecule has 4 rings (SSSR count). The van der Waals surface area contributed by atoms with Crippen molar-refractivity contribution in [3.8, 4) is 5.75 Å². The zero-order valence-corrected chi connectivity index (χ0v) is 15.7. The highest BCUT2D eigenvalue weighted by Crippen LogP contribution is 2.40. The quantitative estimate of drug-likeness (QED) is 0.804. The molecule has 3 heterocycles. The van der Waals surface area contributed by atoms with E-state index >= 15 is 0 Å². The first-order chi connectivity index (χ1) is 13.1. The van der Waals surface area contributed by atoms with Crippen LogP contribution in [-0.2, 0) is 20.0 Å². The fraction of sp³-hybridized carbons (Fsp3) is 0.526. The van der Waals surface area contributed by atoms with Crippen LogP contribution in [-0.4, -0.2) is 40.2 Å². The molecule has 8 nitrogen and oxygen atoms in total. The lowest BCUT2D eigenvalue weighted by molar-refractivity contribution is 0.0923. The van der Waals surface area contributed by atoms with Crippen LogP contribution < -0.4 is 20.9 Å². The summed E-state index contributed by atoms with van der Waals surface area (Å²) in [6, 6.07) is 1.27. The second-order valence-corrected chi connectivity index (χ2v) is 7.21. The Bertz CT molecular complexity index is 913. The first-order valence-corrected chi connectivity index (χ1v) is 9.39. The number of fused-ring (bicyclic) bond motifs is 1. The van der Waals surface area contributed by atoms with Gasteiger partial charge in [-0.05, 0) is 18.8 Å². The molecule has 2 aliphatic rings. The van der Waals surface area contributed by atoms with Gasteiger partial charge in [-0.15, -0.1) is 0 Å². The number of ether oxygens (including phenoxy) is 1. The molecule has 2 aromatic rings. The lowest BCUT2D eigenvalue weighted by Crippen LogP contribution is -2.35. The molecule has 1 amide bonds. The van der Waals surface area contributed by atoms with Gasteiger partial charge in [0, 0.05) is 57.3 Å². The summed E-state index contributed by atoms with van der Waals surface area (Å²) in [5, 5.41) is 6.44. The molecule has 0 unspecified atom stereocenters. The van der Waals surface area contributed by atoms with E-state index in [1.54, 1.807) is 10.8 Å². The van der Waals surface area contributed by atoms with E-state index in [0.29, 0.717) is 36.7 Å². The van der Waals surface area contributed by atoms with Crippen LogP contribution in [0.1, 0.15) is 40.8 Å². The summed E-state index contributed by atoms with van der Waals surface area (Å²) in [6.45, 7) is 1.97. The predicted octanol–water partition coefficient (Wildman–Crippen LogP) is 0.617. The smallest absolute Gasteiger partial charge is 0.257 e. The van der Waals surface area contributed by atoms with E-state index in [1.165, 1.54) is 13.2 Å². The summed E-state index contributed by atoms with van der Waals surface area (Å²) in [5.74, 6) is 1.37. The summed E-state index contributed by atoms with van der Waals surface area (Å²) < 4.78 is 9.04. The topological polar surface area (TPSA) is 90.2 Å². The fourth-order valence-corrected chi connectivity index (χ4v) is 3.82. The third kappa shape index (κ3) is 3.37. The van der Waals surface area contributed by atoms with Gasteiger partial charge in [0.05, 0.1) is 13.2 Å². The number of hydrogen-bond donors (Lipinski definition) is 2. The van der Waals surface area contributed by atoms with E-state index in [4.69, 9.17) is 4.74 Å². The lowest BCUT2D eigenvalue weighted by atomic mass is 10.1. The molecule has 0 spiro atoms. The second-order valence-electron chi connectivity index (χ2n) is 7.21. The van der Waals surface area contributed by atoms with Gasteiger partial charge in [-0.3, -0.25) is 9.59 Å². The van der Waals surface area contributed by atoms with Crippen molar-refractivity contribution in [1.29, 1.82) is 0 Å². The third-order valence-electron chi connectivity index (χ3n) is 5.40. The number of hydrogen-bond acceptors (Lipinski definition) is 5. The minimum absolute atomic E-state index is 0.134. The standard InChI is InChI=1S/C19H25N5O3/c1-23-9-8-21-18(23)17(12-3-4-12)22-19(26)16-13-5-6-20-7-10-24(13)15(25)11-14(16)27-2/h8-9,11-12,17,20H,3-7,10H2,1-2H3,(H,22,26)/t17-/m0/s1. The zero-order valence-electron chi connectivity index (χ0n) is 15.7. The summed E-state index contributed by atoms with van der Waals surface area (Å²) in [6.07, 6.45) is 6.39. The van der Waals surface area contributed by atoms with Gasteiger partial charge in [0.15, 0.2) is 0 Å². The van der Waals surface area contributed by atoms with Crippen molar-refractivity contribution in [2.75, 3.05) is 20.2 Å². The Morgan fingerprint density at radius 3 is 2.89 bits per heavy atom. The molecule has 1 fully saturated rings. The number of carbonyl (C=O) groups excluding carboxylic acids is 1. The lowest BCUT2D eigenvalue weighted by Gasteiger charge is -2.21. The molecule has 144 valence electrons. The molecule has 1 aliphatic heterocycles. The number of aromatic nitrogens is 3. The van der Waals surface area contributed by atoms with E-state index in [-0.39, 0.29) is 17.5 Å². The third-order valence-corrected chi connectivity index (χ3v) is 5.40. The highest BCUT2D eigenvalue weighted by molar-refractivity contribution is 5.98. The summed E-state index contributed by atoms with van der Waals surface area (Å²) >= 11 is 0. The summed E-state index contributed by atoms with van der Waals surface area (Å²) in [4.78, 5) is 30.2. The molecular formula is C19H25N5O3. The van der Waals surface area contributed by atoms with E-state index < -0.39 is 0 Å². The average molecular weight is 371 g/mol. The zero-order chi connectivity index (χ0) is 19.0. The number of nitrogens with one attached hydrogen (secondary N) is 2. The molecule has 0 radical (unpaired) electrons. The summed E-state index contributed by atoms with van der Waals surface area (Å²) in [5.41, 5.74) is 1.06. The van der Waals surface area contributed by atoms with Gasteiger partial charge < -0.3 is 24.5 Å². The minimum atomic E-state index is -0.211. The van der Waals surface area contributed by atoms with Crippen molar-refractivity contribution in [2.45, 2.75) is 31.8 Å². The number of methoxy groups -OCH3 is 1. The minimum Gasteiger partial charge on any atom is -0.496 e. The molecule has 8 heteroatoms. The Kier molecular flexibility index (Phi) is 4.73. The monoisotopic (exact) mass is 371 g/mol. The van der Waals surface area contributed by atoms with Crippen molar-refractivity contribution in [3.05, 3.63) is 45.9 Å². The van der Waals surface area contributed by atoms with E-state index in [9.17, 15) is 9.59 Å². The maximum Gasteiger partial charge on any atom is 0.257 e. The molecule has 1 aliphatic carbocycles. The first-order valence-electron chi connectivity index (χ1n) is 9.39. The maximum absolute atomic E-state index is 13.3. The first kappa shape index (κ1) is 17.8. The van der Waals surface area contributed by atoms with Gasteiger partial charge in [-0.1, -0.05) is 0 Å². The number of nitrogens with zero attached hydrogens (tertiary/aromatic N) is 3. The molecule has 2 aromatic heterocycles. The van der Waals surface area contributed by atoms with Crippen LogP contribution in [0.4, 0.5) is 0 Å². The molecule has 2 N–H and O–H groups in total. The van der Waals surface area contributed by atoms with Crippen molar-refractivity contribution in [3.63, 3.8) is 0 Å². The van der Waals surface area contributed by atoms with Crippen LogP contribution in [0.25, 0.3) is 0 Å². The van der Waals surface area contributed by atoms with Crippen LogP contribution in [0, 0.1) is 5.92 Å². The Morgan fingerprint density at radius 2 is 2.22 bits per heavy atom. The van der Waals surface area contributed by atoms with Gasteiger partial charge in [-0.2, -0.15) is 0 Å². The number of pyridine rings is 1. The highest BCUT2D eigenvalue weighted by Gasteiger charge is 2.37. The molecule has 0 bridgehead atoms. The Hall–Kier alpha value is -2.61. The van der Waals surface area contributed by atoms with Gasteiger partial charge >= 0.3 is 0 Å². The maximum atomic E-state index is 13.3. The second kappa shape index (κ2) is 7.19.